The molecule has 1 aliphatic rings. The van der Waals surface area contributed by atoms with Crippen LogP contribution in [0.3, 0.4) is 0 Å². The number of rotatable bonds is 1. The molecule has 0 saturated carbocycles. The molecule has 1 heterocycles. The summed E-state index contributed by atoms with van der Waals surface area (Å²) in [5.74, 6) is -13.3. The van der Waals surface area contributed by atoms with Gasteiger partial charge in [-0.25, -0.2) is 4.39 Å². The Balaban J connectivity index is 3.41. The normalized spacial score (nSPS) is 28.4. The first-order valence-electron chi connectivity index (χ1n) is 3.93. The van der Waals surface area contributed by atoms with Crippen LogP contribution in [0.1, 0.15) is 0 Å². The molecule has 1 rings (SSSR count). The van der Waals surface area contributed by atoms with E-state index < -0.39 is 35.9 Å². The summed E-state index contributed by atoms with van der Waals surface area (Å²) in [6, 6.07) is 0. The van der Waals surface area contributed by atoms with Gasteiger partial charge in [-0.3, -0.25) is 0 Å². The van der Waals surface area contributed by atoms with Crippen molar-refractivity contribution in [3.05, 3.63) is 0 Å². The Hall–Kier alpha value is -0.880. The van der Waals surface area contributed by atoms with Crippen LogP contribution in [0.5, 0.6) is 0 Å². The van der Waals surface area contributed by atoms with Crippen LogP contribution in [-0.4, -0.2) is 35.9 Å². The highest BCUT2D eigenvalue weighted by Crippen LogP contribution is 2.72. The minimum Gasteiger partial charge on any atom is -0.308 e. The molecular formula is C6F12O. The summed E-state index contributed by atoms with van der Waals surface area (Å²) in [7, 11) is 0. The zero-order chi connectivity index (χ0) is 15.7. The van der Waals surface area contributed by atoms with E-state index in [1.165, 1.54) is 0 Å². The Kier molecular flexibility index (Phi) is 2.90. The van der Waals surface area contributed by atoms with Crippen molar-refractivity contribution in [2.75, 3.05) is 0 Å². The Morgan fingerprint density at radius 1 is 0.632 bits per heavy atom. The predicted molar refractivity (Wildman–Crippen MR) is 30.8 cm³/mol. The monoisotopic (exact) mass is 316 g/mol. The molecule has 1 atom stereocenters. The molecule has 0 spiro atoms. The molecular weight excluding hydrogens is 316 g/mol. The van der Waals surface area contributed by atoms with Gasteiger partial charge in [-0.2, -0.15) is 48.3 Å². The Labute approximate surface area is 94.7 Å². The lowest BCUT2D eigenvalue weighted by Gasteiger charge is -2.26. The van der Waals surface area contributed by atoms with Crippen molar-refractivity contribution < 1.29 is 57.4 Å². The van der Waals surface area contributed by atoms with Crippen LogP contribution in [0.25, 0.3) is 0 Å². The van der Waals surface area contributed by atoms with E-state index in [1.807, 2.05) is 0 Å². The first-order chi connectivity index (χ1) is 7.96. The maximum absolute atomic E-state index is 13.0. The molecule has 114 valence electrons. The summed E-state index contributed by atoms with van der Waals surface area (Å²) in [6.07, 6.45) is -20.7. The molecule has 1 nitrogen and oxygen atoms in total. The molecule has 0 aromatic carbocycles. The number of halogens is 12. The molecule has 0 aliphatic carbocycles. The van der Waals surface area contributed by atoms with Gasteiger partial charge in [-0.1, -0.05) is 0 Å². The number of alkyl halides is 12. The van der Waals surface area contributed by atoms with Crippen molar-refractivity contribution in [2.24, 2.45) is 0 Å². The molecule has 19 heavy (non-hydrogen) atoms. The molecule has 1 aliphatic heterocycles. The van der Waals surface area contributed by atoms with E-state index in [4.69, 9.17) is 0 Å². The Morgan fingerprint density at radius 3 is 1.11 bits per heavy atom. The van der Waals surface area contributed by atoms with Gasteiger partial charge < -0.3 is 4.74 Å². The van der Waals surface area contributed by atoms with Gasteiger partial charge in [0, 0.05) is 0 Å². The van der Waals surface area contributed by atoms with Gasteiger partial charge in [0.05, 0.1) is 0 Å². The quantitative estimate of drug-likeness (QED) is 0.530. The largest absolute Gasteiger partial charge is 0.459 e. The lowest BCUT2D eigenvalue weighted by atomic mass is 9.96. The van der Waals surface area contributed by atoms with Crippen LogP contribution >= 0.6 is 0 Å². The summed E-state index contributed by atoms with van der Waals surface area (Å²) < 4.78 is 147. The van der Waals surface area contributed by atoms with Crippen molar-refractivity contribution in [1.29, 1.82) is 0 Å². The van der Waals surface area contributed by atoms with Gasteiger partial charge in [0.1, 0.15) is 0 Å². The summed E-state index contributed by atoms with van der Waals surface area (Å²) in [6.45, 7) is 0. The fourth-order valence-corrected chi connectivity index (χ4v) is 1.29. The molecule has 0 unspecified atom stereocenters. The van der Waals surface area contributed by atoms with Gasteiger partial charge in [0.25, 0.3) is 0 Å². The van der Waals surface area contributed by atoms with Gasteiger partial charge in [-0.15, -0.1) is 0 Å². The van der Waals surface area contributed by atoms with E-state index in [1.54, 1.807) is 0 Å². The Bertz CT molecular complexity index is 359. The highest BCUT2D eigenvalue weighted by Gasteiger charge is 3.05. The number of hydrogen-bond donors (Lipinski definition) is 0. The average molecular weight is 316 g/mol. The molecule has 1 fully saturated rings. The summed E-state index contributed by atoms with van der Waals surface area (Å²) in [5.41, 5.74) is -6.22. The smallest absolute Gasteiger partial charge is 0.308 e. The van der Waals surface area contributed by atoms with E-state index in [2.05, 4.69) is 4.74 Å². The second-order valence-corrected chi connectivity index (χ2v) is 3.45. The molecule has 13 heteroatoms. The van der Waals surface area contributed by atoms with Gasteiger partial charge in [0.2, 0.25) is 0 Å². The average Bonchev–Trinajstić information content (AvgIpc) is 2.71. The molecule has 0 amide bonds. The van der Waals surface area contributed by atoms with E-state index >= 15 is 0 Å². The van der Waals surface area contributed by atoms with E-state index in [-0.39, 0.29) is 0 Å². The van der Waals surface area contributed by atoms with Crippen molar-refractivity contribution in [3.8, 4) is 0 Å². The lowest BCUT2D eigenvalue weighted by molar-refractivity contribution is -0.339. The second-order valence-electron chi connectivity index (χ2n) is 3.45. The Morgan fingerprint density at radius 2 is 0.947 bits per heavy atom. The second kappa shape index (κ2) is 3.41. The van der Waals surface area contributed by atoms with E-state index in [0.29, 0.717) is 0 Å². The maximum atomic E-state index is 13.0. The zero-order valence-corrected chi connectivity index (χ0v) is 7.94. The molecule has 0 radical (unpaired) electrons. The number of ether oxygens (including phenoxy) is 1. The van der Waals surface area contributed by atoms with E-state index in [0.717, 1.165) is 0 Å². The van der Waals surface area contributed by atoms with Crippen LogP contribution in [0, 0.1) is 0 Å². The highest BCUT2D eigenvalue weighted by molar-refractivity contribution is 5.25. The van der Waals surface area contributed by atoms with Gasteiger partial charge >= 0.3 is 35.9 Å². The van der Waals surface area contributed by atoms with E-state index in [9.17, 15) is 52.7 Å². The van der Waals surface area contributed by atoms with Crippen molar-refractivity contribution in [1.82, 2.24) is 0 Å². The minimum absolute atomic E-state index is 2.23. The van der Waals surface area contributed by atoms with Crippen LogP contribution in [0.2, 0.25) is 0 Å². The summed E-state index contributed by atoms with van der Waals surface area (Å²) >= 11 is 0. The highest BCUT2D eigenvalue weighted by atomic mass is 19.4. The van der Waals surface area contributed by atoms with Crippen molar-refractivity contribution in [2.45, 2.75) is 35.9 Å². The van der Waals surface area contributed by atoms with Gasteiger partial charge in [0.15, 0.2) is 0 Å². The topological polar surface area (TPSA) is 12.5 Å². The fourth-order valence-electron chi connectivity index (χ4n) is 1.29. The molecule has 0 aromatic heterocycles. The third kappa shape index (κ3) is 1.69. The van der Waals surface area contributed by atoms with Gasteiger partial charge in [-0.05, 0) is 0 Å². The third-order valence-corrected chi connectivity index (χ3v) is 2.26. The van der Waals surface area contributed by atoms with Crippen LogP contribution in [0.4, 0.5) is 52.7 Å². The zero-order valence-electron chi connectivity index (χ0n) is 7.94. The lowest BCUT2D eigenvalue weighted by Crippen LogP contribution is -2.59. The van der Waals surface area contributed by atoms with Crippen molar-refractivity contribution >= 4 is 0 Å². The molecule has 0 bridgehead atoms. The SMILES string of the molecule is FC(F)(F)C(F)(F)[C@]1(F)OC1(C(F)(F)F)C(F)(F)F. The standard InChI is InChI=1S/C6F12O/c7-2(8,6(16,17)18)3(9)1(19-3,4(10,11)12)5(13,14)15/t3-/m1/s1. The predicted octanol–water partition coefficient (Wildman–Crippen LogP) is 3.74. The number of epoxide rings is 1. The number of hydrogen-bond acceptors (Lipinski definition) is 1. The molecule has 0 aromatic rings. The van der Waals surface area contributed by atoms with Crippen molar-refractivity contribution in [3.63, 3.8) is 0 Å². The fraction of sp³-hybridized carbons (Fsp3) is 1.00. The molecule has 1 saturated heterocycles. The maximum Gasteiger partial charge on any atom is 0.459 e. The minimum atomic E-state index is -7.00. The van der Waals surface area contributed by atoms with Crippen LogP contribution < -0.4 is 0 Å². The van der Waals surface area contributed by atoms with Crippen LogP contribution in [0.15, 0.2) is 0 Å². The first-order valence-corrected chi connectivity index (χ1v) is 3.93. The summed E-state index contributed by atoms with van der Waals surface area (Å²) in [5, 5.41) is 0. The third-order valence-electron chi connectivity index (χ3n) is 2.26. The first kappa shape index (κ1) is 16.2. The summed E-state index contributed by atoms with van der Waals surface area (Å²) in [4.78, 5) is 0. The molecule has 0 N–H and O–H groups in total. The van der Waals surface area contributed by atoms with Crippen LogP contribution in [-0.2, 0) is 4.74 Å².